The second-order valence-corrected chi connectivity index (χ2v) is 5.33. The van der Waals surface area contributed by atoms with Crippen LogP contribution in [0.15, 0.2) is 72.4 Å². The highest BCUT2D eigenvalue weighted by Gasteiger charge is 2.31. The Morgan fingerprint density at radius 3 is 2.25 bits per heavy atom. The lowest BCUT2D eigenvalue weighted by molar-refractivity contribution is -0.0321. The molecule has 1 aliphatic rings. The van der Waals surface area contributed by atoms with Crippen LogP contribution in [0.2, 0.25) is 0 Å². The number of hydroxylamine groups is 1. The summed E-state index contributed by atoms with van der Waals surface area (Å²) in [5.41, 5.74) is 6.38. The first-order chi connectivity index (χ1) is 9.76. The molecule has 1 heterocycles. The number of aryl methyl sites for hydroxylation is 1. The molecule has 102 valence electrons. The summed E-state index contributed by atoms with van der Waals surface area (Å²) in [4.78, 5) is 5.78. The van der Waals surface area contributed by atoms with Crippen LogP contribution in [0.3, 0.4) is 0 Å². The van der Waals surface area contributed by atoms with Crippen molar-refractivity contribution < 1.29 is 4.84 Å². The van der Waals surface area contributed by atoms with E-state index in [4.69, 9.17) is 4.84 Å². The fourth-order valence-corrected chi connectivity index (χ4v) is 2.52. The molecule has 0 radical (unpaired) electrons. The van der Waals surface area contributed by atoms with Crippen molar-refractivity contribution in [2.45, 2.75) is 25.4 Å². The minimum absolute atomic E-state index is 0.368. The van der Waals surface area contributed by atoms with E-state index in [9.17, 15) is 0 Å². The second kappa shape index (κ2) is 5.51. The van der Waals surface area contributed by atoms with E-state index in [1.165, 1.54) is 11.1 Å². The lowest BCUT2D eigenvalue weighted by Crippen LogP contribution is -2.22. The molecule has 20 heavy (non-hydrogen) atoms. The molecule has 2 heteroatoms. The van der Waals surface area contributed by atoms with Gasteiger partial charge >= 0.3 is 0 Å². The van der Waals surface area contributed by atoms with E-state index in [1.54, 1.807) is 0 Å². The highest BCUT2D eigenvalue weighted by Crippen LogP contribution is 2.32. The van der Waals surface area contributed by atoms with Crippen LogP contribution in [0.4, 0.5) is 0 Å². The Bertz CT molecular complexity index is 591. The van der Waals surface area contributed by atoms with Gasteiger partial charge in [-0.15, -0.1) is 0 Å². The van der Waals surface area contributed by atoms with Crippen LogP contribution >= 0.6 is 0 Å². The molecular formula is C18H19NO. The van der Waals surface area contributed by atoms with E-state index in [2.05, 4.69) is 54.9 Å². The number of hydrogen-bond donors (Lipinski definition) is 1. The predicted octanol–water partition coefficient (Wildman–Crippen LogP) is 3.95. The first-order valence-corrected chi connectivity index (χ1v) is 7.01. The van der Waals surface area contributed by atoms with Crippen LogP contribution in [0, 0.1) is 0 Å². The summed E-state index contributed by atoms with van der Waals surface area (Å²) < 4.78 is 0. The molecule has 0 amide bonds. The van der Waals surface area contributed by atoms with Gasteiger partial charge in [0.05, 0.1) is 0 Å². The van der Waals surface area contributed by atoms with Gasteiger partial charge in [0, 0.05) is 5.70 Å². The lowest BCUT2D eigenvalue weighted by atomic mass is 9.95. The molecular weight excluding hydrogens is 246 g/mol. The molecule has 1 aliphatic heterocycles. The van der Waals surface area contributed by atoms with Crippen LogP contribution in [0.5, 0.6) is 0 Å². The Morgan fingerprint density at radius 1 is 0.900 bits per heavy atom. The van der Waals surface area contributed by atoms with E-state index < -0.39 is 0 Å². The maximum Gasteiger partial charge on any atom is 0.138 e. The summed E-state index contributed by atoms with van der Waals surface area (Å²) in [7, 11) is 0. The largest absolute Gasteiger partial charge is 0.270 e. The van der Waals surface area contributed by atoms with Gasteiger partial charge in [0.25, 0.3) is 0 Å². The summed E-state index contributed by atoms with van der Waals surface area (Å²) in [6, 6.07) is 20.8. The zero-order valence-electron chi connectivity index (χ0n) is 11.7. The number of nitrogens with one attached hydrogen (secondary N) is 1. The molecule has 0 saturated heterocycles. The Labute approximate surface area is 120 Å². The number of benzene rings is 2. The van der Waals surface area contributed by atoms with Crippen LogP contribution in [-0.4, -0.2) is 0 Å². The first kappa shape index (κ1) is 12.9. The minimum Gasteiger partial charge on any atom is -0.270 e. The van der Waals surface area contributed by atoms with Gasteiger partial charge in [-0.3, -0.25) is 10.3 Å². The zero-order chi connectivity index (χ0) is 13.8. The van der Waals surface area contributed by atoms with Gasteiger partial charge in [-0.2, -0.15) is 0 Å². The summed E-state index contributed by atoms with van der Waals surface area (Å²) in [6.45, 7) is 2.09. The Kier molecular flexibility index (Phi) is 3.57. The van der Waals surface area contributed by atoms with E-state index in [0.717, 1.165) is 18.5 Å². The van der Waals surface area contributed by atoms with Gasteiger partial charge in [-0.05, 0) is 37.0 Å². The van der Waals surface area contributed by atoms with Crippen molar-refractivity contribution in [3.8, 4) is 0 Å². The normalized spacial score (nSPS) is 21.4. The predicted molar refractivity (Wildman–Crippen MR) is 80.9 cm³/mol. The minimum atomic E-state index is -0.368. The zero-order valence-corrected chi connectivity index (χ0v) is 11.7. The average molecular weight is 265 g/mol. The Morgan fingerprint density at radius 2 is 1.55 bits per heavy atom. The van der Waals surface area contributed by atoms with Crippen molar-refractivity contribution in [1.82, 2.24) is 5.48 Å². The van der Waals surface area contributed by atoms with Crippen molar-refractivity contribution in [2.75, 3.05) is 0 Å². The van der Waals surface area contributed by atoms with Gasteiger partial charge in [-0.1, -0.05) is 60.7 Å². The Balaban J connectivity index is 1.69. The van der Waals surface area contributed by atoms with Crippen molar-refractivity contribution in [2.24, 2.45) is 0 Å². The maximum absolute atomic E-state index is 5.78. The van der Waals surface area contributed by atoms with E-state index >= 15 is 0 Å². The molecule has 2 aromatic rings. The van der Waals surface area contributed by atoms with E-state index in [-0.39, 0.29) is 5.60 Å². The maximum atomic E-state index is 5.78. The SMILES string of the molecule is CC1(c2ccccc2)C=C(CCc2ccccc2)NO1. The van der Waals surface area contributed by atoms with Gasteiger partial charge in [0.1, 0.15) is 5.60 Å². The monoisotopic (exact) mass is 265 g/mol. The number of rotatable bonds is 4. The molecule has 1 atom stereocenters. The van der Waals surface area contributed by atoms with Crippen LogP contribution in [0.25, 0.3) is 0 Å². The molecule has 0 spiro atoms. The molecule has 2 aromatic carbocycles. The molecule has 0 aromatic heterocycles. The molecule has 0 saturated carbocycles. The van der Waals surface area contributed by atoms with E-state index in [0.29, 0.717) is 0 Å². The Hall–Kier alpha value is -2.06. The van der Waals surface area contributed by atoms with E-state index in [1.807, 2.05) is 24.3 Å². The lowest BCUT2D eigenvalue weighted by Gasteiger charge is -2.20. The van der Waals surface area contributed by atoms with Crippen LogP contribution in [0.1, 0.15) is 24.5 Å². The third-order valence-electron chi connectivity index (χ3n) is 3.72. The average Bonchev–Trinajstić information content (AvgIpc) is 2.90. The molecule has 3 rings (SSSR count). The summed E-state index contributed by atoms with van der Waals surface area (Å²) in [6.07, 6.45) is 4.17. The molecule has 1 unspecified atom stereocenters. The van der Waals surface area contributed by atoms with Crippen LogP contribution in [-0.2, 0) is 16.9 Å². The second-order valence-electron chi connectivity index (χ2n) is 5.33. The van der Waals surface area contributed by atoms with Gasteiger partial charge in [0.2, 0.25) is 0 Å². The summed E-state index contributed by atoms with van der Waals surface area (Å²) in [5, 5.41) is 0. The molecule has 1 N–H and O–H groups in total. The van der Waals surface area contributed by atoms with Crippen molar-refractivity contribution in [3.63, 3.8) is 0 Å². The third kappa shape index (κ3) is 2.75. The van der Waals surface area contributed by atoms with Gasteiger partial charge < -0.3 is 0 Å². The highest BCUT2D eigenvalue weighted by atomic mass is 16.7. The van der Waals surface area contributed by atoms with Gasteiger partial charge in [0.15, 0.2) is 0 Å². The van der Waals surface area contributed by atoms with Gasteiger partial charge in [-0.25, -0.2) is 0 Å². The highest BCUT2D eigenvalue weighted by molar-refractivity contribution is 5.30. The fourth-order valence-electron chi connectivity index (χ4n) is 2.52. The molecule has 0 aliphatic carbocycles. The molecule has 2 nitrogen and oxygen atoms in total. The first-order valence-electron chi connectivity index (χ1n) is 7.01. The summed E-state index contributed by atoms with van der Waals surface area (Å²) >= 11 is 0. The quantitative estimate of drug-likeness (QED) is 0.903. The summed E-state index contributed by atoms with van der Waals surface area (Å²) in [5.74, 6) is 0. The van der Waals surface area contributed by atoms with Crippen molar-refractivity contribution >= 4 is 0 Å². The molecule has 0 bridgehead atoms. The number of allylic oxidation sites excluding steroid dienone is 1. The smallest absolute Gasteiger partial charge is 0.138 e. The molecule has 0 fully saturated rings. The number of hydrogen-bond acceptors (Lipinski definition) is 2. The fraction of sp³-hybridized carbons (Fsp3) is 0.222. The van der Waals surface area contributed by atoms with Crippen LogP contribution < -0.4 is 5.48 Å². The third-order valence-corrected chi connectivity index (χ3v) is 3.72. The van der Waals surface area contributed by atoms with Crippen molar-refractivity contribution in [1.29, 1.82) is 0 Å². The standard InChI is InChI=1S/C18H19NO/c1-18(16-10-6-3-7-11-16)14-17(19-20-18)13-12-15-8-4-2-5-9-15/h2-11,14,19H,12-13H2,1H3. The topological polar surface area (TPSA) is 21.3 Å². The van der Waals surface area contributed by atoms with Crippen molar-refractivity contribution in [3.05, 3.63) is 83.6 Å².